The smallest absolute Gasteiger partial charge is 0.160 e. The van der Waals surface area contributed by atoms with Gasteiger partial charge in [-0.3, -0.25) is 4.40 Å². The molecule has 0 unspecified atom stereocenters. The average molecular weight is 323 g/mol. The third-order valence-corrected chi connectivity index (χ3v) is 3.57. The van der Waals surface area contributed by atoms with Gasteiger partial charge < -0.3 is 5.73 Å². The van der Waals surface area contributed by atoms with E-state index >= 15 is 0 Å². The topological polar surface area (TPSA) is 43.3 Å². The highest BCUT2D eigenvalue weighted by Gasteiger charge is 2.07. The quantitative estimate of drug-likeness (QED) is 0.736. The molecule has 2 heterocycles. The lowest BCUT2D eigenvalue weighted by Crippen LogP contribution is -1.94. The van der Waals surface area contributed by atoms with E-state index in [-0.39, 0.29) is 0 Å². The van der Waals surface area contributed by atoms with E-state index < -0.39 is 0 Å². The first kappa shape index (κ1) is 11.6. The Morgan fingerprint density at radius 3 is 2.83 bits per heavy atom. The molecule has 0 aliphatic rings. The second-order valence-electron chi connectivity index (χ2n) is 3.97. The van der Waals surface area contributed by atoms with Gasteiger partial charge in [0.15, 0.2) is 5.65 Å². The van der Waals surface area contributed by atoms with Crippen LogP contribution >= 0.6 is 27.5 Å². The van der Waals surface area contributed by atoms with Crippen LogP contribution in [-0.2, 0) is 0 Å². The molecule has 0 saturated carbocycles. The van der Waals surface area contributed by atoms with Crippen molar-refractivity contribution in [2.75, 3.05) is 5.73 Å². The molecule has 0 saturated heterocycles. The zero-order chi connectivity index (χ0) is 12.7. The SMILES string of the molecule is Nc1cc(-c2cccc(Cl)c2)cn2c(Br)cnc12. The van der Waals surface area contributed by atoms with Gasteiger partial charge in [-0.2, -0.15) is 0 Å². The van der Waals surface area contributed by atoms with Gasteiger partial charge in [-0.1, -0.05) is 23.7 Å². The summed E-state index contributed by atoms with van der Waals surface area (Å²) in [5.41, 5.74) is 9.41. The summed E-state index contributed by atoms with van der Waals surface area (Å²) in [7, 11) is 0. The number of nitrogen functional groups attached to an aromatic ring is 1. The number of imidazole rings is 1. The molecule has 90 valence electrons. The maximum Gasteiger partial charge on any atom is 0.160 e. The molecule has 0 aliphatic heterocycles. The maximum absolute atomic E-state index is 6.01. The van der Waals surface area contributed by atoms with Gasteiger partial charge in [-0.25, -0.2) is 4.98 Å². The van der Waals surface area contributed by atoms with E-state index in [1.807, 2.05) is 40.9 Å². The number of fused-ring (bicyclic) bond motifs is 1. The Hall–Kier alpha value is -1.52. The number of hydrogen-bond acceptors (Lipinski definition) is 2. The fourth-order valence-electron chi connectivity index (χ4n) is 1.91. The van der Waals surface area contributed by atoms with Crippen molar-refractivity contribution in [3.63, 3.8) is 0 Å². The third kappa shape index (κ3) is 1.87. The van der Waals surface area contributed by atoms with E-state index in [0.717, 1.165) is 21.4 Å². The van der Waals surface area contributed by atoms with E-state index in [2.05, 4.69) is 20.9 Å². The lowest BCUT2D eigenvalue weighted by Gasteiger charge is -2.06. The van der Waals surface area contributed by atoms with E-state index in [4.69, 9.17) is 17.3 Å². The summed E-state index contributed by atoms with van der Waals surface area (Å²) in [5.74, 6) is 0. The molecule has 0 spiro atoms. The molecule has 2 aromatic heterocycles. The van der Waals surface area contributed by atoms with Crippen LogP contribution in [0.5, 0.6) is 0 Å². The lowest BCUT2D eigenvalue weighted by molar-refractivity contribution is 1.16. The molecule has 0 fully saturated rings. The minimum atomic E-state index is 0.637. The van der Waals surface area contributed by atoms with Gasteiger partial charge >= 0.3 is 0 Å². The normalized spacial score (nSPS) is 11.0. The van der Waals surface area contributed by atoms with Gasteiger partial charge in [0, 0.05) is 16.8 Å². The molecule has 3 rings (SSSR count). The van der Waals surface area contributed by atoms with Crippen molar-refractivity contribution >= 4 is 38.9 Å². The number of pyridine rings is 1. The number of nitrogens with two attached hydrogens (primary N) is 1. The summed E-state index contributed by atoms with van der Waals surface area (Å²) in [5, 5.41) is 0.705. The Morgan fingerprint density at radius 1 is 1.22 bits per heavy atom. The van der Waals surface area contributed by atoms with Crippen LogP contribution in [0, 0.1) is 0 Å². The summed E-state index contributed by atoms with van der Waals surface area (Å²) < 4.78 is 2.78. The molecule has 3 nitrogen and oxygen atoms in total. The van der Waals surface area contributed by atoms with Gasteiger partial charge in [0.1, 0.15) is 4.60 Å². The Kier molecular flexibility index (Phi) is 2.76. The Labute approximate surface area is 117 Å². The fourth-order valence-corrected chi connectivity index (χ4v) is 2.47. The second-order valence-corrected chi connectivity index (χ2v) is 5.22. The highest BCUT2D eigenvalue weighted by atomic mass is 79.9. The fraction of sp³-hybridized carbons (Fsp3) is 0. The molecule has 0 bridgehead atoms. The zero-order valence-corrected chi connectivity index (χ0v) is 11.6. The number of benzene rings is 1. The zero-order valence-electron chi connectivity index (χ0n) is 9.27. The van der Waals surface area contributed by atoms with Crippen LogP contribution in [0.4, 0.5) is 5.69 Å². The monoisotopic (exact) mass is 321 g/mol. The van der Waals surface area contributed by atoms with Crippen molar-refractivity contribution in [1.29, 1.82) is 0 Å². The van der Waals surface area contributed by atoms with Gasteiger partial charge in [-0.15, -0.1) is 0 Å². The van der Waals surface area contributed by atoms with Gasteiger partial charge in [0.05, 0.1) is 11.9 Å². The summed E-state index contributed by atoms with van der Waals surface area (Å²) in [6.07, 6.45) is 3.71. The predicted molar refractivity (Wildman–Crippen MR) is 77.8 cm³/mol. The van der Waals surface area contributed by atoms with E-state index in [1.165, 1.54) is 0 Å². The standard InChI is InChI=1S/C13H9BrClN3/c14-12-6-17-13-11(16)5-9(7-18(12)13)8-2-1-3-10(15)4-8/h1-7H,16H2. The molecule has 5 heteroatoms. The molecule has 1 aromatic carbocycles. The molecule has 18 heavy (non-hydrogen) atoms. The number of nitrogens with zero attached hydrogens (tertiary/aromatic N) is 2. The Morgan fingerprint density at radius 2 is 2.06 bits per heavy atom. The van der Waals surface area contributed by atoms with E-state index in [9.17, 15) is 0 Å². The van der Waals surface area contributed by atoms with Gasteiger partial charge in [0.2, 0.25) is 0 Å². The Bertz CT molecular complexity index is 736. The molecule has 0 atom stereocenters. The predicted octanol–water partition coefficient (Wildman–Crippen LogP) is 4.00. The van der Waals surface area contributed by atoms with Crippen LogP contribution in [0.2, 0.25) is 5.02 Å². The average Bonchev–Trinajstić information content (AvgIpc) is 2.72. The molecule has 0 radical (unpaired) electrons. The Balaban J connectivity index is 2.27. The molecule has 0 aliphatic carbocycles. The van der Waals surface area contributed by atoms with Crippen molar-refractivity contribution in [3.8, 4) is 11.1 Å². The molecular formula is C13H9BrClN3. The largest absolute Gasteiger partial charge is 0.396 e. The highest BCUT2D eigenvalue weighted by molar-refractivity contribution is 9.10. The van der Waals surface area contributed by atoms with Crippen LogP contribution in [-0.4, -0.2) is 9.38 Å². The highest BCUT2D eigenvalue weighted by Crippen LogP contribution is 2.27. The molecule has 3 aromatic rings. The summed E-state index contributed by atoms with van der Waals surface area (Å²) in [6.45, 7) is 0. The van der Waals surface area contributed by atoms with E-state index in [0.29, 0.717) is 10.7 Å². The van der Waals surface area contributed by atoms with Crippen molar-refractivity contribution in [2.45, 2.75) is 0 Å². The number of halogens is 2. The van der Waals surface area contributed by atoms with Crippen LogP contribution in [0.1, 0.15) is 0 Å². The third-order valence-electron chi connectivity index (χ3n) is 2.75. The molecular weight excluding hydrogens is 314 g/mol. The first-order valence-electron chi connectivity index (χ1n) is 5.33. The summed E-state index contributed by atoms with van der Waals surface area (Å²) in [6, 6.07) is 9.58. The first-order chi connectivity index (χ1) is 8.65. The molecule has 0 amide bonds. The number of hydrogen-bond donors (Lipinski definition) is 1. The minimum absolute atomic E-state index is 0.637. The van der Waals surface area contributed by atoms with Crippen molar-refractivity contribution in [1.82, 2.24) is 9.38 Å². The van der Waals surface area contributed by atoms with Gasteiger partial charge in [-0.05, 0) is 39.7 Å². The van der Waals surface area contributed by atoms with Crippen LogP contribution in [0.25, 0.3) is 16.8 Å². The van der Waals surface area contributed by atoms with Crippen LogP contribution in [0.15, 0.2) is 47.3 Å². The number of anilines is 1. The summed E-state index contributed by atoms with van der Waals surface area (Å²) in [4.78, 5) is 4.24. The second kappa shape index (κ2) is 4.30. The molecule has 2 N–H and O–H groups in total. The van der Waals surface area contributed by atoms with Crippen LogP contribution < -0.4 is 5.73 Å². The summed E-state index contributed by atoms with van der Waals surface area (Å²) >= 11 is 9.44. The van der Waals surface area contributed by atoms with Gasteiger partial charge in [0.25, 0.3) is 0 Å². The number of aromatic nitrogens is 2. The minimum Gasteiger partial charge on any atom is -0.396 e. The van der Waals surface area contributed by atoms with Crippen molar-refractivity contribution in [3.05, 3.63) is 52.4 Å². The van der Waals surface area contributed by atoms with Crippen molar-refractivity contribution < 1.29 is 0 Å². The number of rotatable bonds is 1. The van der Waals surface area contributed by atoms with Crippen LogP contribution in [0.3, 0.4) is 0 Å². The lowest BCUT2D eigenvalue weighted by atomic mass is 10.1. The van der Waals surface area contributed by atoms with Crippen molar-refractivity contribution in [2.24, 2.45) is 0 Å². The van der Waals surface area contributed by atoms with E-state index in [1.54, 1.807) is 6.20 Å². The maximum atomic E-state index is 6.01. The first-order valence-corrected chi connectivity index (χ1v) is 6.50.